The molecule has 1 fully saturated rings. The average molecular weight is 276 g/mol. The van der Waals surface area contributed by atoms with Gasteiger partial charge in [0.2, 0.25) is 0 Å². The van der Waals surface area contributed by atoms with Crippen LogP contribution in [0, 0.1) is 0 Å². The fourth-order valence-corrected chi connectivity index (χ4v) is 3.24. The van der Waals surface area contributed by atoms with Gasteiger partial charge in [0.1, 0.15) is 5.82 Å². The van der Waals surface area contributed by atoms with E-state index in [1.165, 1.54) is 31.2 Å². The highest BCUT2D eigenvalue weighted by Crippen LogP contribution is 2.34. The van der Waals surface area contributed by atoms with Crippen molar-refractivity contribution in [3.8, 4) is 0 Å². The number of hydrogen-bond donors (Lipinski definition) is 0. The second kappa shape index (κ2) is 7.07. The lowest BCUT2D eigenvalue weighted by Crippen LogP contribution is -2.36. The topological polar surface area (TPSA) is 25.4 Å². The van der Waals surface area contributed by atoms with Crippen LogP contribution in [-0.4, -0.2) is 31.3 Å². The summed E-state index contributed by atoms with van der Waals surface area (Å²) in [6, 6.07) is 4.47. The van der Waals surface area contributed by atoms with E-state index < -0.39 is 0 Å². The summed E-state index contributed by atoms with van der Waals surface area (Å²) in [6.07, 6.45) is 7.01. The summed E-state index contributed by atoms with van der Waals surface area (Å²) in [7, 11) is 0. The van der Waals surface area contributed by atoms with Crippen molar-refractivity contribution in [2.24, 2.45) is 0 Å². The van der Waals surface area contributed by atoms with Crippen molar-refractivity contribution in [1.82, 2.24) is 4.98 Å². The maximum Gasteiger partial charge on any atom is 0.128 e. The number of ether oxygens (including phenoxy) is 1. The Hall–Kier alpha value is -1.09. The zero-order valence-corrected chi connectivity index (χ0v) is 13.2. The van der Waals surface area contributed by atoms with Gasteiger partial charge in [-0.05, 0) is 29.9 Å². The van der Waals surface area contributed by atoms with E-state index in [4.69, 9.17) is 9.72 Å². The Morgan fingerprint density at radius 1 is 1.15 bits per heavy atom. The lowest BCUT2D eigenvalue weighted by molar-refractivity contribution is 0.122. The van der Waals surface area contributed by atoms with Crippen LogP contribution in [0.4, 0.5) is 5.82 Å². The van der Waals surface area contributed by atoms with Gasteiger partial charge in [0.25, 0.3) is 0 Å². The molecule has 0 unspecified atom stereocenters. The molecule has 20 heavy (non-hydrogen) atoms. The molecule has 1 saturated heterocycles. The van der Waals surface area contributed by atoms with Gasteiger partial charge in [0.15, 0.2) is 0 Å². The molecule has 0 aliphatic carbocycles. The van der Waals surface area contributed by atoms with E-state index in [1.54, 1.807) is 0 Å². The predicted molar refractivity (Wildman–Crippen MR) is 84.4 cm³/mol. The van der Waals surface area contributed by atoms with Gasteiger partial charge in [-0.25, -0.2) is 4.98 Å². The van der Waals surface area contributed by atoms with Gasteiger partial charge >= 0.3 is 0 Å². The first-order valence-electron chi connectivity index (χ1n) is 7.99. The second-order valence-corrected chi connectivity index (χ2v) is 6.07. The third kappa shape index (κ3) is 3.51. The van der Waals surface area contributed by atoms with Crippen LogP contribution >= 0.6 is 0 Å². The fraction of sp³-hybridized carbons (Fsp3) is 0.706. The summed E-state index contributed by atoms with van der Waals surface area (Å²) in [5, 5.41) is 0. The summed E-state index contributed by atoms with van der Waals surface area (Å²) in [5.74, 6) is 1.09. The van der Waals surface area contributed by atoms with Crippen molar-refractivity contribution < 1.29 is 4.74 Å². The molecular weight excluding hydrogens is 248 g/mol. The molecule has 3 heteroatoms. The third-order valence-corrected chi connectivity index (χ3v) is 4.38. The molecule has 0 N–H and O–H groups in total. The van der Waals surface area contributed by atoms with E-state index in [0.717, 1.165) is 32.1 Å². The van der Waals surface area contributed by atoms with Crippen LogP contribution in [0.2, 0.25) is 0 Å². The van der Waals surface area contributed by atoms with E-state index in [1.807, 2.05) is 0 Å². The summed E-state index contributed by atoms with van der Waals surface area (Å²) < 4.78 is 5.39. The van der Waals surface area contributed by atoms with Crippen LogP contribution in [-0.2, 0) is 10.2 Å². The number of pyridine rings is 1. The minimum Gasteiger partial charge on any atom is -0.378 e. The molecule has 1 aliphatic rings. The zero-order valence-electron chi connectivity index (χ0n) is 13.2. The monoisotopic (exact) mass is 276 g/mol. The van der Waals surface area contributed by atoms with Crippen molar-refractivity contribution in [3.63, 3.8) is 0 Å². The molecular formula is C17H28N2O. The molecule has 3 nitrogen and oxygen atoms in total. The van der Waals surface area contributed by atoms with Crippen molar-refractivity contribution >= 4 is 5.82 Å². The Labute approximate surface area is 123 Å². The van der Waals surface area contributed by atoms with Crippen molar-refractivity contribution in [1.29, 1.82) is 0 Å². The lowest BCUT2D eigenvalue weighted by atomic mass is 9.76. The van der Waals surface area contributed by atoms with Crippen LogP contribution in [0.5, 0.6) is 0 Å². The number of aromatic nitrogens is 1. The zero-order chi connectivity index (χ0) is 14.4. The molecule has 0 amide bonds. The molecule has 0 aromatic carbocycles. The number of nitrogens with zero attached hydrogens (tertiary/aromatic N) is 2. The maximum atomic E-state index is 5.39. The normalized spacial score (nSPS) is 16.4. The van der Waals surface area contributed by atoms with Gasteiger partial charge in [-0.1, -0.05) is 39.7 Å². The fourth-order valence-electron chi connectivity index (χ4n) is 3.24. The van der Waals surface area contributed by atoms with Crippen molar-refractivity contribution in [2.75, 3.05) is 31.2 Å². The van der Waals surface area contributed by atoms with Gasteiger partial charge in [0.05, 0.1) is 13.2 Å². The highest BCUT2D eigenvalue weighted by atomic mass is 16.5. The van der Waals surface area contributed by atoms with Gasteiger partial charge < -0.3 is 9.64 Å². The first kappa shape index (κ1) is 15.3. The van der Waals surface area contributed by atoms with E-state index in [0.29, 0.717) is 0 Å². The number of rotatable bonds is 6. The van der Waals surface area contributed by atoms with E-state index in [9.17, 15) is 0 Å². The van der Waals surface area contributed by atoms with Crippen molar-refractivity contribution in [3.05, 3.63) is 23.9 Å². The summed E-state index contributed by atoms with van der Waals surface area (Å²) in [5.41, 5.74) is 1.67. The Kier molecular flexibility index (Phi) is 5.41. The molecule has 0 radical (unpaired) electrons. The number of hydrogen-bond acceptors (Lipinski definition) is 3. The molecule has 1 aliphatic heterocycles. The van der Waals surface area contributed by atoms with Gasteiger partial charge in [-0.3, -0.25) is 0 Å². The molecule has 0 bridgehead atoms. The summed E-state index contributed by atoms with van der Waals surface area (Å²) in [6.45, 7) is 10.4. The highest BCUT2D eigenvalue weighted by molar-refractivity contribution is 5.41. The van der Waals surface area contributed by atoms with Crippen LogP contribution < -0.4 is 4.90 Å². The second-order valence-electron chi connectivity index (χ2n) is 6.07. The quantitative estimate of drug-likeness (QED) is 0.790. The maximum absolute atomic E-state index is 5.39. The number of morpholine rings is 1. The first-order valence-corrected chi connectivity index (χ1v) is 7.99. The Balaban J connectivity index is 2.12. The predicted octanol–water partition coefficient (Wildman–Crippen LogP) is 3.78. The minimum absolute atomic E-state index is 0.278. The van der Waals surface area contributed by atoms with Crippen molar-refractivity contribution in [2.45, 2.75) is 51.9 Å². The SMILES string of the molecule is CCCC(C)(CCC)c1ccc(N2CCOCC2)nc1. The Bertz CT molecular complexity index is 390. The molecule has 112 valence electrons. The molecule has 2 rings (SSSR count). The van der Waals surface area contributed by atoms with E-state index in [2.05, 4.69) is 44.0 Å². The van der Waals surface area contributed by atoms with Crippen LogP contribution in [0.1, 0.15) is 52.0 Å². The average Bonchev–Trinajstić information content (AvgIpc) is 2.49. The number of anilines is 1. The summed E-state index contributed by atoms with van der Waals surface area (Å²) >= 11 is 0. The Morgan fingerprint density at radius 3 is 2.30 bits per heavy atom. The minimum atomic E-state index is 0.278. The smallest absolute Gasteiger partial charge is 0.128 e. The van der Waals surface area contributed by atoms with Gasteiger partial charge in [-0.15, -0.1) is 0 Å². The molecule has 1 aromatic heterocycles. The first-order chi connectivity index (χ1) is 9.69. The molecule has 0 atom stereocenters. The highest BCUT2D eigenvalue weighted by Gasteiger charge is 2.25. The third-order valence-electron chi connectivity index (χ3n) is 4.38. The van der Waals surface area contributed by atoms with Gasteiger partial charge in [-0.2, -0.15) is 0 Å². The van der Waals surface area contributed by atoms with Crippen LogP contribution in [0.15, 0.2) is 18.3 Å². The molecule has 0 saturated carbocycles. The molecule has 1 aromatic rings. The molecule has 0 spiro atoms. The standard InChI is InChI=1S/C17H28N2O/c1-4-8-17(3,9-5-2)15-6-7-16(18-14-15)19-10-12-20-13-11-19/h6-7,14H,4-5,8-13H2,1-3H3. The van der Waals surface area contributed by atoms with Gasteiger partial charge in [0, 0.05) is 19.3 Å². The van der Waals surface area contributed by atoms with Crippen LogP contribution in [0.3, 0.4) is 0 Å². The molecule has 2 heterocycles. The lowest BCUT2D eigenvalue weighted by Gasteiger charge is -2.31. The van der Waals surface area contributed by atoms with E-state index in [-0.39, 0.29) is 5.41 Å². The van der Waals surface area contributed by atoms with E-state index >= 15 is 0 Å². The van der Waals surface area contributed by atoms with Crippen LogP contribution in [0.25, 0.3) is 0 Å². The summed E-state index contributed by atoms with van der Waals surface area (Å²) in [4.78, 5) is 7.01. The largest absolute Gasteiger partial charge is 0.378 e. The Morgan fingerprint density at radius 2 is 1.80 bits per heavy atom.